The molecule has 0 radical (unpaired) electrons. The van der Waals surface area contributed by atoms with Gasteiger partial charge in [-0.15, -0.1) is 11.8 Å². The Balaban J connectivity index is 2.17. The highest BCUT2D eigenvalue weighted by molar-refractivity contribution is 8.00. The second-order valence-corrected chi connectivity index (χ2v) is 5.82. The molecular weight excluding hydrogens is 397 g/mol. The van der Waals surface area contributed by atoms with Crippen molar-refractivity contribution in [1.29, 1.82) is 5.26 Å². The Bertz CT molecular complexity index is 965. The first kappa shape index (κ1) is 20.1. The van der Waals surface area contributed by atoms with Crippen LogP contribution in [0.5, 0.6) is 0 Å². The standard InChI is InChI=1S/C15H6F5N3O3S/c16-10-11(17)13(19)15(14(20)12(10)18)27-5-9(24)22-8-2-1-7(23(25)26)3-6(8)4-21/h1-3H,5H2,(H,22,24). The third-order valence-electron chi connectivity index (χ3n) is 3.13. The summed E-state index contributed by atoms with van der Waals surface area (Å²) in [4.78, 5) is 20.5. The van der Waals surface area contributed by atoms with Crippen LogP contribution in [0, 0.1) is 50.5 Å². The van der Waals surface area contributed by atoms with E-state index >= 15 is 0 Å². The lowest BCUT2D eigenvalue weighted by Crippen LogP contribution is -2.15. The summed E-state index contributed by atoms with van der Waals surface area (Å²) in [6, 6.07) is 4.59. The van der Waals surface area contributed by atoms with E-state index < -0.39 is 56.3 Å². The number of amides is 1. The number of thioether (sulfide) groups is 1. The van der Waals surface area contributed by atoms with Gasteiger partial charge in [-0.2, -0.15) is 5.26 Å². The quantitative estimate of drug-likeness (QED) is 0.204. The number of nitriles is 1. The van der Waals surface area contributed by atoms with Crippen molar-refractivity contribution in [3.63, 3.8) is 0 Å². The van der Waals surface area contributed by atoms with Gasteiger partial charge in [0.05, 0.1) is 26.8 Å². The molecule has 0 aliphatic heterocycles. The van der Waals surface area contributed by atoms with Crippen molar-refractivity contribution in [1.82, 2.24) is 0 Å². The number of nitro benzene ring substituents is 1. The summed E-state index contributed by atoms with van der Waals surface area (Å²) in [5.41, 5.74) is -0.773. The SMILES string of the molecule is N#Cc1cc([N+](=O)[O-])ccc1NC(=O)CSc1c(F)c(F)c(F)c(F)c1F. The average Bonchev–Trinajstić information content (AvgIpc) is 2.64. The smallest absolute Gasteiger partial charge is 0.270 e. The summed E-state index contributed by atoms with van der Waals surface area (Å²) in [6.45, 7) is 0. The third kappa shape index (κ3) is 4.14. The summed E-state index contributed by atoms with van der Waals surface area (Å²) in [5.74, 6) is -12.4. The van der Waals surface area contributed by atoms with Crippen molar-refractivity contribution >= 4 is 29.0 Å². The molecule has 1 amide bonds. The fraction of sp³-hybridized carbons (Fsp3) is 0.0667. The van der Waals surface area contributed by atoms with E-state index in [0.717, 1.165) is 18.2 Å². The lowest BCUT2D eigenvalue weighted by molar-refractivity contribution is -0.384. The van der Waals surface area contributed by atoms with E-state index in [-0.39, 0.29) is 23.0 Å². The van der Waals surface area contributed by atoms with Crippen LogP contribution < -0.4 is 5.32 Å². The van der Waals surface area contributed by atoms with Gasteiger partial charge >= 0.3 is 0 Å². The van der Waals surface area contributed by atoms with Gasteiger partial charge in [-0.05, 0) is 6.07 Å². The predicted molar refractivity (Wildman–Crippen MR) is 83.4 cm³/mol. The fourth-order valence-electron chi connectivity index (χ4n) is 1.88. The van der Waals surface area contributed by atoms with Crippen molar-refractivity contribution in [3.05, 3.63) is 63.0 Å². The number of carbonyl (C=O) groups excluding carboxylic acids is 1. The number of halogens is 5. The van der Waals surface area contributed by atoms with E-state index in [2.05, 4.69) is 5.32 Å². The minimum Gasteiger partial charge on any atom is -0.324 e. The molecule has 6 nitrogen and oxygen atoms in total. The van der Waals surface area contributed by atoms with E-state index in [1.807, 2.05) is 0 Å². The van der Waals surface area contributed by atoms with Gasteiger partial charge in [0.2, 0.25) is 11.7 Å². The first-order valence-corrected chi connectivity index (χ1v) is 7.78. The van der Waals surface area contributed by atoms with E-state index in [1.165, 1.54) is 0 Å². The van der Waals surface area contributed by atoms with Crippen LogP contribution in [0.2, 0.25) is 0 Å². The first-order valence-electron chi connectivity index (χ1n) is 6.80. The molecule has 0 saturated heterocycles. The number of nitrogens with zero attached hydrogens (tertiary/aromatic N) is 2. The van der Waals surface area contributed by atoms with Gasteiger partial charge in [0.15, 0.2) is 23.3 Å². The minimum absolute atomic E-state index is 0.0597. The maximum Gasteiger partial charge on any atom is 0.270 e. The van der Waals surface area contributed by atoms with Crippen LogP contribution in [0.3, 0.4) is 0 Å². The van der Waals surface area contributed by atoms with Gasteiger partial charge in [0.25, 0.3) is 5.69 Å². The Morgan fingerprint density at radius 3 is 2.19 bits per heavy atom. The van der Waals surface area contributed by atoms with Crippen LogP contribution in [-0.4, -0.2) is 16.6 Å². The summed E-state index contributed by atoms with van der Waals surface area (Å²) >= 11 is 0.0597. The summed E-state index contributed by atoms with van der Waals surface area (Å²) in [7, 11) is 0. The molecule has 12 heteroatoms. The number of rotatable bonds is 5. The molecule has 0 aliphatic rings. The molecule has 0 unspecified atom stereocenters. The zero-order valence-corrected chi connectivity index (χ0v) is 13.7. The topological polar surface area (TPSA) is 96.0 Å². The number of hydrogen-bond acceptors (Lipinski definition) is 5. The molecule has 1 N–H and O–H groups in total. The van der Waals surface area contributed by atoms with E-state index in [1.54, 1.807) is 6.07 Å². The van der Waals surface area contributed by atoms with Crippen LogP contribution in [0.25, 0.3) is 0 Å². The number of hydrogen-bond donors (Lipinski definition) is 1. The van der Waals surface area contributed by atoms with Crippen molar-refractivity contribution in [2.24, 2.45) is 0 Å². The largest absolute Gasteiger partial charge is 0.324 e. The highest BCUT2D eigenvalue weighted by Gasteiger charge is 2.26. The normalized spacial score (nSPS) is 10.4. The fourth-order valence-corrected chi connectivity index (χ4v) is 2.66. The monoisotopic (exact) mass is 403 g/mol. The van der Waals surface area contributed by atoms with Crippen molar-refractivity contribution in [2.45, 2.75) is 4.90 Å². The summed E-state index contributed by atoms with van der Waals surface area (Å²) in [6.07, 6.45) is 0. The Labute approximate surface area is 151 Å². The minimum atomic E-state index is -2.32. The molecule has 0 saturated carbocycles. The van der Waals surface area contributed by atoms with Crippen LogP contribution in [0.15, 0.2) is 23.1 Å². The van der Waals surface area contributed by atoms with Crippen LogP contribution in [-0.2, 0) is 4.79 Å². The van der Waals surface area contributed by atoms with E-state index in [9.17, 15) is 36.9 Å². The van der Waals surface area contributed by atoms with Crippen molar-refractivity contribution in [3.8, 4) is 6.07 Å². The Hall–Kier alpha value is -3.20. The Morgan fingerprint density at radius 1 is 1.11 bits per heavy atom. The lowest BCUT2D eigenvalue weighted by atomic mass is 10.1. The van der Waals surface area contributed by atoms with Crippen LogP contribution in [0.1, 0.15) is 5.56 Å². The third-order valence-corrected chi connectivity index (χ3v) is 4.18. The molecule has 2 aromatic carbocycles. The highest BCUT2D eigenvalue weighted by Crippen LogP contribution is 2.31. The van der Waals surface area contributed by atoms with Crippen molar-refractivity contribution < 1.29 is 31.7 Å². The van der Waals surface area contributed by atoms with Gasteiger partial charge in [0.1, 0.15) is 6.07 Å². The second kappa shape index (κ2) is 8.00. The average molecular weight is 403 g/mol. The Morgan fingerprint density at radius 2 is 1.67 bits per heavy atom. The summed E-state index contributed by atoms with van der Waals surface area (Å²) in [5, 5.41) is 21.8. The number of nitro groups is 1. The molecule has 0 aromatic heterocycles. The van der Waals surface area contributed by atoms with Gasteiger partial charge < -0.3 is 5.32 Å². The Kier molecular flexibility index (Phi) is 5.96. The molecule has 2 aromatic rings. The highest BCUT2D eigenvalue weighted by atomic mass is 32.2. The first-order chi connectivity index (χ1) is 12.7. The van der Waals surface area contributed by atoms with E-state index in [4.69, 9.17) is 5.26 Å². The molecule has 0 bridgehead atoms. The molecule has 0 aliphatic carbocycles. The van der Waals surface area contributed by atoms with Gasteiger partial charge in [-0.1, -0.05) is 0 Å². The molecule has 0 spiro atoms. The number of nitrogens with one attached hydrogen (secondary N) is 1. The van der Waals surface area contributed by atoms with E-state index in [0.29, 0.717) is 0 Å². The lowest BCUT2D eigenvalue weighted by Gasteiger charge is -2.09. The number of carbonyl (C=O) groups is 1. The predicted octanol–water partition coefficient (Wildman–Crippen LogP) is 3.89. The van der Waals surface area contributed by atoms with Crippen LogP contribution >= 0.6 is 11.8 Å². The second-order valence-electron chi connectivity index (χ2n) is 4.83. The molecule has 140 valence electrons. The maximum atomic E-state index is 13.5. The zero-order valence-electron chi connectivity index (χ0n) is 12.9. The number of anilines is 1. The maximum absolute atomic E-state index is 13.5. The van der Waals surface area contributed by atoms with Gasteiger partial charge in [0, 0.05) is 12.1 Å². The zero-order chi connectivity index (χ0) is 20.3. The van der Waals surface area contributed by atoms with Gasteiger partial charge in [-0.25, -0.2) is 22.0 Å². The number of benzene rings is 2. The van der Waals surface area contributed by atoms with Gasteiger partial charge in [-0.3, -0.25) is 14.9 Å². The molecule has 27 heavy (non-hydrogen) atoms. The number of non-ortho nitro benzene ring substituents is 1. The molecular formula is C15H6F5N3O3S. The molecule has 0 heterocycles. The summed E-state index contributed by atoms with van der Waals surface area (Å²) < 4.78 is 66.3. The molecule has 0 fully saturated rings. The van der Waals surface area contributed by atoms with Crippen molar-refractivity contribution in [2.75, 3.05) is 11.1 Å². The molecule has 2 rings (SSSR count). The molecule has 0 atom stereocenters. The van der Waals surface area contributed by atoms with Crippen LogP contribution in [0.4, 0.5) is 33.3 Å².